The van der Waals surface area contributed by atoms with E-state index < -0.39 is 6.09 Å². The second kappa shape index (κ2) is 8.77. The molecule has 0 radical (unpaired) electrons. The third-order valence-electron chi connectivity index (χ3n) is 3.17. The fraction of sp³-hybridized carbons (Fsp3) is 0.353. The van der Waals surface area contributed by atoms with Crippen molar-refractivity contribution in [2.45, 2.75) is 32.6 Å². The molecule has 5 nitrogen and oxygen atoms in total. The van der Waals surface area contributed by atoms with Crippen LogP contribution < -0.4 is 5.36 Å². The van der Waals surface area contributed by atoms with Crippen molar-refractivity contribution in [1.29, 1.82) is 0 Å². The number of hydrogen-bond acceptors (Lipinski definition) is 3. The maximum Gasteiger partial charge on any atom is 0.434 e. The highest BCUT2D eigenvalue weighted by Gasteiger charge is 1.99. The molecule has 116 valence electrons. The summed E-state index contributed by atoms with van der Waals surface area (Å²) in [5.74, 6) is 0. The van der Waals surface area contributed by atoms with Crippen molar-refractivity contribution in [3.05, 3.63) is 54.1 Å². The molecule has 5 heteroatoms. The summed E-state index contributed by atoms with van der Waals surface area (Å²) >= 11 is 0. The van der Waals surface area contributed by atoms with Crippen LogP contribution in [0.3, 0.4) is 0 Å². The predicted octanol–water partition coefficient (Wildman–Crippen LogP) is 3.49. The molecule has 1 aromatic carbocycles. The number of aromatic nitrogens is 2. The van der Waals surface area contributed by atoms with Crippen LogP contribution in [0.25, 0.3) is 5.69 Å². The maximum absolute atomic E-state index is 11.6. The monoisotopic (exact) mass is 299 g/mol. The van der Waals surface area contributed by atoms with Crippen LogP contribution in [0.15, 0.2) is 53.8 Å². The zero-order valence-corrected chi connectivity index (χ0v) is 12.8. The molecule has 0 saturated heterocycles. The Hall–Kier alpha value is -2.43. The van der Waals surface area contributed by atoms with E-state index in [2.05, 4.69) is 17.0 Å². The molecule has 1 aromatic heterocycles. The number of unbranched alkanes of at least 4 members (excludes halogenated alkanes) is 3. The number of ether oxygens (including phenoxy) is 1. The standard InChI is InChI=1S/C17H21N3O2/c1-2-3-4-8-13-22-17(21)19-15-11-12-20(18-14-15)16-9-6-5-7-10-16/h5-7,9-12,14H,2-4,8,13H2,1H3. The SMILES string of the molecule is CCCCCCOC(=O)N=c1ccn(-c2ccccc2)nc1. The van der Waals surface area contributed by atoms with Crippen LogP contribution in [-0.4, -0.2) is 22.5 Å². The van der Waals surface area contributed by atoms with E-state index in [1.54, 1.807) is 23.1 Å². The first-order chi connectivity index (χ1) is 10.8. The highest BCUT2D eigenvalue weighted by molar-refractivity contribution is 5.68. The molecule has 0 fully saturated rings. The van der Waals surface area contributed by atoms with Gasteiger partial charge in [-0.3, -0.25) is 0 Å². The van der Waals surface area contributed by atoms with E-state index in [-0.39, 0.29) is 0 Å². The fourth-order valence-electron chi connectivity index (χ4n) is 1.98. The lowest BCUT2D eigenvalue weighted by molar-refractivity contribution is 0.154. The van der Waals surface area contributed by atoms with Crippen molar-refractivity contribution < 1.29 is 9.53 Å². The normalized spacial score (nSPS) is 11.4. The quantitative estimate of drug-likeness (QED) is 0.767. The van der Waals surface area contributed by atoms with Gasteiger partial charge in [-0.2, -0.15) is 10.1 Å². The van der Waals surface area contributed by atoms with E-state index in [1.165, 1.54) is 0 Å². The molecule has 2 aromatic rings. The van der Waals surface area contributed by atoms with Gasteiger partial charge in [0.05, 0.1) is 23.8 Å². The van der Waals surface area contributed by atoms with Crippen LogP contribution in [-0.2, 0) is 4.74 Å². The van der Waals surface area contributed by atoms with Crippen molar-refractivity contribution in [3.63, 3.8) is 0 Å². The Balaban J connectivity index is 1.91. The van der Waals surface area contributed by atoms with Gasteiger partial charge in [-0.25, -0.2) is 9.48 Å². The lowest BCUT2D eigenvalue weighted by Crippen LogP contribution is -2.12. The first-order valence-electron chi connectivity index (χ1n) is 7.61. The molecule has 0 bridgehead atoms. The molecule has 0 aliphatic rings. The third kappa shape index (κ3) is 5.16. The summed E-state index contributed by atoms with van der Waals surface area (Å²) in [7, 11) is 0. The molecular weight excluding hydrogens is 278 g/mol. The van der Waals surface area contributed by atoms with Gasteiger partial charge in [-0.15, -0.1) is 0 Å². The highest BCUT2D eigenvalue weighted by Crippen LogP contribution is 2.02. The van der Waals surface area contributed by atoms with E-state index in [0.717, 1.165) is 31.4 Å². The zero-order chi connectivity index (χ0) is 15.6. The van der Waals surface area contributed by atoms with E-state index in [0.29, 0.717) is 12.0 Å². The number of rotatable bonds is 6. The van der Waals surface area contributed by atoms with E-state index in [4.69, 9.17) is 4.74 Å². The summed E-state index contributed by atoms with van der Waals surface area (Å²) in [6.45, 7) is 2.57. The van der Waals surface area contributed by atoms with Gasteiger partial charge < -0.3 is 4.74 Å². The van der Waals surface area contributed by atoms with Gasteiger partial charge in [0.15, 0.2) is 0 Å². The van der Waals surface area contributed by atoms with Gasteiger partial charge >= 0.3 is 6.09 Å². The molecule has 0 atom stereocenters. The number of carbonyl (C=O) groups excluding carboxylic acids is 1. The van der Waals surface area contributed by atoms with E-state index in [1.807, 2.05) is 30.3 Å². The summed E-state index contributed by atoms with van der Waals surface area (Å²) in [6.07, 6.45) is 7.04. The Labute approximate surface area is 130 Å². The molecule has 22 heavy (non-hydrogen) atoms. The number of hydrogen-bond donors (Lipinski definition) is 0. The zero-order valence-electron chi connectivity index (χ0n) is 12.8. The van der Waals surface area contributed by atoms with Gasteiger partial charge in [0, 0.05) is 6.20 Å². The van der Waals surface area contributed by atoms with Gasteiger partial charge in [0.25, 0.3) is 0 Å². The lowest BCUT2D eigenvalue weighted by atomic mass is 10.2. The minimum absolute atomic E-state index is 0.423. The number of carbonyl (C=O) groups is 1. The van der Waals surface area contributed by atoms with Crippen LogP contribution >= 0.6 is 0 Å². The van der Waals surface area contributed by atoms with Crippen LogP contribution in [0.2, 0.25) is 0 Å². The first kappa shape index (κ1) is 15.9. The van der Waals surface area contributed by atoms with Crippen molar-refractivity contribution in [2.24, 2.45) is 4.99 Å². The molecule has 0 spiro atoms. The topological polar surface area (TPSA) is 56.5 Å². The molecule has 1 heterocycles. The molecule has 1 amide bonds. The molecule has 0 aliphatic carbocycles. The number of nitrogens with zero attached hydrogens (tertiary/aromatic N) is 3. The van der Waals surface area contributed by atoms with Crippen LogP contribution in [0.5, 0.6) is 0 Å². The second-order valence-corrected chi connectivity index (χ2v) is 4.95. The van der Waals surface area contributed by atoms with Crippen LogP contribution in [0.4, 0.5) is 4.79 Å². The lowest BCUT2D eigenvalue weighted by Gasteiger charge is -2.03. The van der Waals surface area contributed by atoms with E-state index >= 15 is 0 Å². The number of amides is 1. The minimum Gasteiger partial charge on any atom is -0.448 e. The Bertz CT molecular complexity index is 630. The number of para-hydroxylation sites is 1. The van der Waals surface area contributed by atoms with E-state index in [9.17, 15) is 4.79 Å². The van der Waals surface area contributed by atoms with Gasteiger partial charge in [0.2, 0.25) is 0 Å². The maximum atomic E-state index is 11.6. The smallest absolute Gasteiger partial charge is 0.434 e. The first-order valence-corrected chi connectivity index (χ1v) is 7.61. The van der Waals surface area contributed by atoms with Crippen LogP contribution in [0, 0.1) is 0 Å². The summed E-state index contributed by atoms with van der Waals surface area (Å²) in [6, 6.07) is 11.5. The fourth-order valence-corrected chi connectivity index (χ4v) is 1.98. The largest absolute Gasteiger partial charge is 0.448 e. The number of benzene rings is 1. The van der Waals surface area contributed by atoms with Gasteiger partial charge in [-0.1, -0.05) is 44.4 Å². The highest BCUT2D eigenvalue weighted by atomic mass is 16.5. The Kier molecular flexibility index (Phi) is 6.36. The van der Waals surface area contributed by atoms with Crippen molar-refractivity contribution >= 4 is 6.09 Å². The minimum atomic E-state index is -0.559. The average molecular weight is 299 g/mol. The van der Waals surface area contributed by atoms with Crippen molar-refractivity contribution in [3.8, 4) is 5.69 Å². The average Bonchev–Trinajstić information content (AvgIpc) is 2.56. The Morgan fingerprint density at radius 3 is 2.68 bits per heavy atom. The molecule has 0 N–H and O–H groups in total. The predicted molar refractivity (Wildman–Crippen MR) is 84.6 cm³/mol. The molecule has 0 aliphatic heterocycles. The molecule has 0 saturated carbocycles. The van der Waals surface area contributed by atoms with Crippen LogP contribution in [0.1, 0.15) is 32.6 Å². The second-order valence-electron chi connectivity index (χ2n) is 4.95. The Morgan fingerprint density at radius 1 is 1.18 bits per heavy atom. The molecular formula is C17H21N3O2. The summed E-state index contributed by atoms with van der Waals surface area (Å²) in [4.78, 5) is 15.5. The van der Waals surface area contributed by atoms with Crippen molar-refractivity contribution in [1.82, 2.24) is 9.78 Å². The summed E-state index contributed by atoms with van der Waals surface area (Å²) < 4.78 is 6.78. The van der Waals surface area contributed by atoms with Crippen molar-refractivity contribution in [2.75, 3.05) is 6.61 Å². The molecule has 2 rings (SSSR count). The summed E-state index contributed by atoms with van der Waals surface area (Å²) in [5.41, 5.74) is 0.951. The summed E-state index contributed by atoms with van der Waals surface area (Å²) in [5, 5.41) is 4.73. The Morgan fingerprint density at radius 2 is 2.00 bits per heavy atom. The molecule has 0 unspecified atom stereocenters. The van der Waals surface area contributed by atoms with Gasteiger partial charge in [-0.05, 0) is 24.6 Å². The van der Waals surface area contributed by atoms with Gasteiger partial charge in [0.1, 0.15) is 0 Å². The third-order valence-corrected chi connectivity index (χ3v) is 3.17.